The molecule has 0 radical (unpaired) electrons. The van der Waals surface area contributed by atoms with E-state index in [1.807, 2.05) is 25.1 Å². The number of hydrogen-bond acceptors (Lipinski definition) is 5. The van der Waals surface area contributed by atoms with Gasteiger partial charge in [-0.25, -0.2) is 4.79 Å². The van der Waals surface area contributed by atoms with Gasteiger partial charge in [-0.2, -0.15) is 0 Å². The topological polar surface area (TPSA) is 97.0 Å². The van der Waals surface area contributed by atoms with E-state index in [1.54, 1.807) is 31.2 Å². The van der Waals surface area contributed by atoms with Crippen LogP contribution in [0, 0.1) is 6.92 Å². The van der Waals surface area contributed by atoms with Gasteiger partial charge in [-0.05, 0) is 37.1 Å². The number of nitrogens with one attached hydrogen (secondary N) is 2. The molecule has 0 saturated carbocycles. The molecule has 0 bridgehead atoms. The molecule has 2 aromatic carbocycles. The van der Waals surface area contributed by atoms with E-state index in [-0.39, 0.29) is 19.9 Å². The third kappa shape index (κ3) is 3.49. The molecule has 2 aliphatic heterocycles. The van der Waals surface area contributed by atoms with E-state index in [2.05, 4.69) is 10.6 Å². The van der Waals surface area contributed by atoms with Gasteiger partial charge in [0, 0.05) is 6.54 Å². The first-order valence-corrected chi connectivity index (χ1v) is 9.23. The molecule has 8 nitrogen and oxygen atoms in total. The summed E-state index contributed by atoms with van der Waals surface area (Å²) in [6.07, 6.45) is 0. The van der Waals surface area contributed by atoms with Gasteiger partial charge in [0.1, 0.15) is 12.1 Å². The molecule has 0 unspecified atom stereocenters. The fourth-order valence-corrected chi connectivity index (χ4v) is 3.37. The average molecular weight is 395 g/mol. The van der Waals surface area contributed by atoms with Gasteiger partial charge >= 0.3 is 6.03 Å². The number of imide groups is 1. The summed E-state index contributed by atoms with van der Waals surface area (Å²) in [4.78, 5) is 38.5. The molecule has 1 saturated heterocycles. The van der Waals surface area contributed by atoms with Crippen molar-refractivity contribution < 1.29 is 23.9 Å². The summed E-state index contributed by atoms with van der Waals surface area (Å²) in [5, 5.41) is 5.42. The van der Waals surface area contributed by atoms with E-state index in [9.17, 15) is 14.4 Å². The Morgan fingerprint density at radius 2 is 1.86 bits per heavy atom. The molecule has 29 heavy (non-hydrogen) atoms. The summed E-state index contributed by atoms with van der Waals surface area (Å²) < 4.78 is 10.6. The number of hydrogen-bond donors (Lipinski definition) is 2. The average Bonchev–Trinajstić information content (AvgIpc) is 3.25. The van der Waals surface area contributed by atoms with Crippen LogP contribution in [0.25, 0.3) is 0 Å². The number of amides is 4. The van der Waals surface area contributed by atoms with Crippen LogP contribution in [0.15, 0.2) is 42.5 Å². The number of benzene rings is 2. The molecule has 2 N–H and O–H groups in total. The number of carbonyl (C=O) groups excluding carboxylic acids is 3. The smallest absolute Gasteiger partial charge is 0.325 e. The third-order valence-electron chi connectivity index (χ3n) is 5.13. The Kier molecular flexibility index (Phi) is 4.62. The van der Waals surface area contributed by atoms with Gasteiger partial charge < -0.3 is 20.1 Å². The number of ether oxygens (including phenoxy) is 2. The highest BCUT2D eigenvalue weighted by Gasteiger charge is 2.49. The molecule has 2 aromatic rings. The summed E-state index contributed by atoms with van der Waals surface area (Å²) in [5.74, 6) is 0.401. The molecule has 0 aromatic heterocycles. The van der Waals surface area contributed by atoms with Gasteiger partial charge in [0.05, 0.1) is 0 Å². The Morgan fingerprint density at radius 3 is 2.62 bits per heavy atom. The Morgan fingerprint density at radius 1 is 1.14 bits per heavy atom. The number of urea groups is 1. The monoisotopic (exact) mass is 395 g/mol. The molecule has 4 rings (SSSR count). The van der Waals surface area contributed by atoms with Crippen LogP contribution in [0.2, 0.25) is 0 Å². The molecule has 1 fully saturated rings. The van der Waals surface area contributed by atoms with E-state index >= 15 is 0 Å². The minimum Gasteiger partial charge on any atom is -0.454 e. The summed E-state index contributed by atoms with van der Waals surface area (Å²) >= 11 is 0. The zero-order valence-corrected chi connectivity index (χ0v) is 16.2. The lowest BCUT2D eigenvalue weighted by Crippen LogP contribution is -2.43. The molecule has 0 spiro atoms. The van der Waals surface area contributed by atoms with Crippen LogP contribution < -0.4 is 20.1 Å². The Bertz CT molecular complexity index is 988. The van der Waals surface area contributed by atoms with Crippen LogP contribution in [0.4, 0.5) is 4.79 Å². The maximum absolute atomic E-state index is 12.9. The summed E-state index contributed by atoms with van der Waals surface area (Å²) in [7, 11) is 0. The van der Waals surface area contributed by atoms with Gasteiger partial charge in [0.25, 0.3) is 5.91 Å². The van der Waals surface area contributed by atoms with Crippen molar-refractivity contribution >= 4 is 17.8 Å². The van der Waals surface area contributed by atoms with Gasteiger partial charge in [0.2, 0.25) is 12.7 Å². The molecule has 2 aliphatic rings. The van der Waals surface area contributed by atoms with Crippen molar-refractivity contribution in [1.82, 2.24) is 15.5 Å². The fraction of sp³-hybridized carbons (Fsp3) is 0.286. The Hall–Kier alpha value is -3.55. The summed E-state index contributed by atoms with van der Waals surface area (Å²) in [6.45, 7) is 3.66. The second-order valence-electron chi connectivity index (χ2n) is 7.28. The second-order valence-corrected chi connectivity index (χ2v) is 7.28. The van der Waals surface area contributed by atoms with Crippen LogP contribution >= 0.6 is 0 Å². The molecular weight excluding hydrogens is 374 g/mol. The van der Waals surface area contributed by atoms with Crippen LogP contribution in [-0.2, 0) is 21.7 Å². The highest BCUT2D eigenvalue weighted by atomic mass is 16.7. The summed E-state index contributed by atoms with van der Waals surface area (Å²) in [5.41, 5.74) is 1.35. The first-order chi connectivity index (χ1) is 13.9. The normalized spacial score (nSPS) is 20.0. The number of rotatable bonds is 5. The number of carbonyl (C=O) groups is 3. The number of fused-ring (bicyclic) bond motifs is 1. The van der Waals surface area contributed by atoms with Crippen molar-refractivity contribution in [2.45, 2.75) is 25.9 Å². The zero-order valence-electron chi connectivity index (χ0n) is 16.2. The van der Waals surface area contributed by atoms with Gasteiger partial charge in [-0.15, -0.1) is 0 Å². The van der Waals surface area contributed by atoms with Crippen molar-refractivity contribution in [2.75, 3.05) is 13.3 Å². The standard InChI is InChI=1S/C21H21N3O5/c1-13-3-6-15(7-4-13)21(2)19(26)24(20(27)23-21)11-18(25)22-10-14-5-8-16-17(9-14)29-12-28-16/h3-9H,10-12H2,1-2H3,(H,22,25)(H,23,27)/t21-/m0/s1. The van der Waals surface area contributed by atoms with Crippen LogP contribution in [0.3, 0.4) is 0 Å². The molecule has 150 valence electrons. The van der Waals surface area contributed by atoms with E-state index in [4.69, 9.17) is 9.47 Å². The quantitative estimate of drug-likeness (QED) is 0.753. The molecule has 0 aliphatic carbocycles. The molecule has 4 amide bonds. The SMILES string of the molecule is Cc1ccc([C@]2(C)NC(=O)N(CC(=O)NCc3ccc4c(c3)OCO4)C2=O)cc1. The molecule has 1 atom stereocenters. The Balaban J connectivity index is 1.39. The lowest BCUT2D eigenvalue weighted by Gasteiger charge is -2.22. The van der Waals surface area contributed by atoms with Crippen molar-refractivity contribution in [3.05, 3.63) is 59.2 Å². The van der Waals surface area contributed by atoms with Crippen LogP contribution in [0.1, 0.15) is 23.6 Å². The lowest BCUT2D eigenvalue weighted by molar-refractivity contribution is -0.134. The maximum Gasteiger partial charge on any atom is 0.325 e. The van der Waals surface area contributed by atoms with E-state index in [0.29, 0.717) is 17.1 Å². The predicted octanol–water partition coefficient (Wildman–Crippen LogP) is 1.81. The highest BCUT2D eigenvalue weighted by molar-refractivity contribution is 6.09. The van der Waals surface area contributed by atoms with Crippen molar-refractivity contribution in [1.29, 1.82) is 0 Å². The van der Waals surface area contributed by atoms with Crippen molar-refractivity contribution in [3.63, 3.8) is 0 Å². The first kappa shape index (κ1) is 18.8. The highest BCUT2D eigenvalue weighted by Crippen LogP contribution is 2.32. The van der Waals surface area contributed by atoms with Crippen molar-refractivity contribution in [2.24, 2.45) is 0 Å². The van der Waals surface area contributed by atoms with Crippen LogP contribution in [-0.4, -0.2) is 36.1 Å². The predicted molar refractivity (Wildman–Crippen MR) is 103 cm³/mol. The molecule has 8 heteroatoms. The largest absolute Gasteiger partial charge is 0.454 e. The van der Waals surface area contributed by atoms with Crippen LogP contribution in [0.5, 0.6) is 11.5 Å². The first-order valence-electron chi connectivity index (χ1n) is 9.23. The zero-order chi connectivity index (χ0) is 20.6. The lowest BCUT2D eigenvalue weighted by atomic mass is 9.91. The maximum atomic E-state index is 12.9. The third-order valence-corrected chi connectivity index (χ3v) is 5.13. The summed E-state index contributed by atoms with van der Waals surface area (Å²) in [6, 6.07) is 12.1. The van der Waals surface area contributed by atoms with Gasteiger partial charge in [-0.1, -0.05) is 35.9 Å². The Labute approximate surface area is 167 Å². The van der Waals surface area contributed by atoms with E-state index < -0.39 is 23.4 Å². The van der Waals surface area contributed by atoms with Crippen molar-refractivity contribution in [3.8, 4) is 11.5 Å². The molecule has 2 heterocycles. The van der Waals surface area contributed by atoms with E-state index in [1.165, 1.54) is 0 Å². The molecular formula is C21H21N3O5. The second kappa shape index (κ2) is 7.12. The number of nitrogens with zero attached hydrogens (tertiary/aromatic N) is 1. The van der Waals surface area contributed by atoms with Gasteiger partial charge in [-0.3, -0.25) is 14.5 Å². The minimum absolute atomic E-state index is 0.178. The minimum atomic E-state index is -1.19. The fourth-order valence-electron chi connectivity index (χ4n) is 3.37. The van der Waals surface area contributed by atoms with Gasteiger partial charge in [0.15, 0.2) is 11.5 Å². The van der Waals surface area contributed by atoms with E-state index in [0.717, 1.165) is 16.0 Å². The number of aryl methyl sites for hydroxylation is 1.